The van der Waals surface area contributed by atoms with Crippen LogP contribution in [-0.4, -0.2) is 34.6 Å². The van der Waals surface area contributed by atoms with Crippen molar-refractivity contribution in [3.05, 3.63) is 29.8 Å². The molecule has 2 fully saturated rings. The molecule has 2 aliphatic rings. The molecule has 1 saturated carbocycles. The van der Waals surface area contributed by atoms with E-state index in [1.54, 1.807) is 12.1 Å². The fraction of sp³-hybridized carbons (Fsp3) is 0.562. The smallest absolute Gasteiger partial charge is 0.255 e. The van der Waals surface area contributed by atoms with Crippen molar-refractivity contribution >= 4 is 11.6 Å². The predicted octanol–water partition coefficient (Wildman–Crippen LogP) is 2.04. The Hall–Kier alpha value is -1.55. The summed E-state index contributed by atoms with van der Waals surface area (Å²) in [6, 6.07) is 7.21. The minimum absolute atomic E-state index is 0.00396. The summed E-state index contributed by atoms with van der Waals surface area (Å²) in [4.78, 5) is 14.4. The van der Waals surface area contributed by atoms with E-state index in [1.807, 2.05) is 17.0 Å². The van der Waals surface area contributed by atoms with Gasteiger partial charge in [-0.3, -0.25) is 4.79 Å². The largest absolute Gasteiger partial charge is 0.398 e. The molecule has 3 rings (SSSR count). The quantitative estimate of drug-likeness (QED) is 0.770. The average molecular weight is 274 g/mol. The lowest BCUT2D eigenvalue weighted by atomic mass is 9.71. The minimum atomic E-state index is -0.544. The van der Waals surface area contributed by atoms with Crippen LogP contribution >= 0.6 is 0 Å². The third kappa shape index (κ3) is 2.29. The number of para-hydroxylation sites is 1. The van der Waals surface area contributed by atoms with Crippen molar-refractivity contribution in [1.29, 1.82) is 0 Å². The Kier molecular flexibility index (Phi) is 3.42. The number of nitrogen functional groups attached to an aromatic ring is 1. The van der Waals surface area contributed by atoms with Crippen LogP contribution in [0.5, 0.6) is 0 Å². The number of benzene rings is 1. The average Bonchev–Trinajstić information content (AvgIpc) is 2.46. The molecule has 1 saturated heterocycles. The van der Waals surface area contributed by atoms with Crippen molar-refractivity contribution in [3.8, 4) is 0 Å². The molecule has 0 radical (unpaired) electrons. The fourth-order valence-electron chi connectivity index (χ4n) is 3.62. The van der Waals surface area contributed by atoms with Crippen molar-refractivity contribution in [3.63, 3.8) is 0 Å². The highest BCUT2D eigenvalue weighted by molar-refractivity contribution is 5.99. The summed E-state index contributed by atoms with van der Waals surface area (Å²) < 4.78 is 0. The van der Waals surface area contributed by atoms with Crippen LogP contribution in [0.1, 0.15) is 42.5 Å². The monoisotopic (exact) mass is 274 g/mol. The van der Waals surface area contributed by atoms with Crippen LogP contribution in [0.2, 0.25) is 0 Å². The molecular formula is C16H22N2O2. The maximum Gasteiger partial charge on any atom is 0.255 e. The van der Waals surface area contributed by atoms with E-state index in [0.29, 0.717) is 30.8 Å². The summed E-state index contributed by atoms with van der Waals surface area (Å²) in [5.74, 6) is 0.217. The van der Waals surface area contributed by atoms with E-state index in [2.05, 4.69) is 0 Å². The minimum Gasteiger partial charge on any atom is -0.398 e. The number of anilines is 1. The number of aliphatic hydroxyl groups is 1. The Balaban J connectivity index is 1.76. The van der Waals surface area contributed by atoms with Gasteiger partial charge < -0.3 is 15.7 Å². The Labute approximate surface area is 119 Å². The van der Waals surface area contributed by atoms with Gasteiger partial charge in [0.2, 0.25) is 0 Å². The maximum atomic E-state index is 12.6. The molecule has 3 N–H and O–H groups in total. The Bertz CT molecular complexity index is 517. The van der Waals surface area contributed by atoms with Crippen molar-refractivity contribution in [1.82, 2.24) is 4.90 Å². The van der Waals surface area contributed by atoms with Gasteiger partial charge in [-0.15, -0.1) is 0 Å². The van der Waals surface area contributed by atoms with Crippen LogP contribution < -0.4 is 5.73 Å². The van der Waals surface area contributed by atoms with Crippen molar-refractivity contribution in [2.75, 3.05) is 18.8 Å². The first-order valence-corrected chi connectivity index (χ1v) is 7.46. The second-order valence-corrected chi connectivity index (χ2v) is 6.13. The van der Waals surface area contributed by atoms with Crippen molar-refractivity contribution in [2.45, 2.75) is 37.7 Å². The molecule has 1 aliphatic heterocycles. The zero-order valence-electron chi connectivity index (χ0n) is 11.7. The number of rotatable bonds is 1. The van der Waals surface area contributed by atoms with E-state index >= 15 is 0 Å². The van der Waals surface area contributed by atoms with Gasteiger partial charge in [-0.05, 0) is 31.4 Å². The van der Waals surface area contributed by atoms with Gasteiger partial charge in [-0.2, -0.15) is 0 Å². The molecule has 0 spiro atoms. The van der Waals surface area contributed by atoms with E-state index in [1.165, 1.54) is 0 Å². The normalized spacial score (nSPS) is 29.9. The highest BCUT2D eigenvalue weighted by atomic mass is 16.3. The zero-order chi connectivity index (χ0) is 14.2. The van der Waals surface area contributed by atoms with Crippen LogP contribution in [0.25, 0.3) is 0 Å². The molecule has 20 heavy (non-hydrogen) atoms. The molecule has 4 heteroatoms. The van der Waals surface area contributed by atoms with Gasteiger partial charge in [0.1, 0.15) is 0 Å². The number of nitrogens with zero attached hydrogens (tertiary/aromatic N) is 1. The van der Waals surface area contributed by atoms with E-state index in [4.69, 9.17) is 5.73 Å². The van der Waals surface area contributed by atoms with E-state index in [9.17, 15) is 9.90 Å². The third-order valence-electron chi connectivity index (χ3n) is 4.91. The number of carbonyl (C=O) groups is 1. The molecule has 108 valence electrons. The molecule has 4 nitrogen and oxygen atoms in total. The van der Waals surface area contributed by atoms with Gasteiger partial charge in [-0.25, -0.2) is 0 Å². The lowest BCUT2D eigenvalue weighted by Crippen LogP contribution is -2.54. The summed E-state index contributed by atoms with van der Waals surface area (Å²) in [6.45, 7) is 1.28. The molecule has 0 aromatic heterocycles. The van der Waals surface area contributed by atoms with E-state index < -0.39 is 5.60 Å². The number of fused-ring (bicyclic) bond motifs is 1. The molecule has 1 amide bonds. The summed E-state index contributed by atoms with van der Waals surface area (Å²) >= 11 is 0. The molecule has 1 aromatic rings. The molecule has 1 aromatic carbocycles. The van der Waals surface area contributed by atoms with Crippen LogP contribution in [0, 0.1) is 5.92 Å². The topological polar surface area (TPSA) is 66.6 Å². The molecule has 0 bridgehead atoms. The Morgan fingerprint density at radius 3 is 2.90 bits per heavy atom. The summed E-state index contributed by atoms with van der Waals surface area (Å²) in [5, 5.41) is 10.7. The summed E-state index contributed by atoms with van der Waals surface area (Å²) in [6.07, 6.45) is 4.85. The lowest BCUT2D eigenvalue weighted by molar-refractivity contribution is -0.0886. The van der Waals surface area contributed by atoms with Crippen molar-refractivity contribution < 1.29 is 9.90 Å². The highest BCUT2D eigenvalue weighted by Gasteiger charge is 2.43. The first kappa shape index (κ1) is 13.4. The molecule has 2 unspecified atom stereocenters. The number of nitrogens with two attached hydrogens (primary N) is 1. The van der Waals surface area contributed by atoms with Crippen LogP contribution in [0.15, 0.2) is 24.3 Å². The van der Waals surface area contributed by atoms with E-state index in [0.717, 1.165) is 25.7 Å². The van der Waals surface area contributed by atoms with E-state index in [-0.39, 0.29) is 11.8 Å². The maximum absolute atomic E-state index is 12.6. The predicted molar refractivity (Wildman–Crippen MR) is 78.3 cm³/mol. The highest BCUT2D eigenvalue weighted by Crippen LogP contribution is 2.40. The first-order valence-electron chi connectivity index (χ1n) is 7.46. The zero-order valence-corrected chi connectivity index (χ0v) is 11.7. The standard InChI is InChI=1S/C16H22N2O2/c17-14-7-2-1-6-13(14)15(19)18-10-9-16(20)8-4-3-5-12(16)11-18/h1-2,6-7,12,20H,3-5,8-11,17H2. The first-order chi connectivity index (χ1) is 9.60. The van der Waals surface area contributed by atoms with Gasteiger partial charge in [0, 0.05) is 24.7 Å². The summed E-state index contributed by atoms with van der Waals surface area (Å²) in [5.41, 5.74) is 6.45. The van der Waals surface area contributed by atoms with Gasteiger partial charge >= 0.3 is 0 Å². The number of hydrogen-bond acceptors (Lipinski definition) is 3. The number of amides is 1. The Morgan fingerprint density at radius 2 is 2.10 bits per heavy atom. The van der Waals surface area contributed by atoms with Gasteiger partial charge in [0.15, 0.2) is 0 Å². The van der Waals surface area contributed by atoms with Crippen LogP contribution in [0.3, 0.4) is 0 Å². The second kappa shape index (κ2) is 5.09. The summed E-state index contributed by atoms with van der Waals surface area (Å²) in [7, 11) is 0. The number of likely N-dealkylation sites (tertiary alicyclic amines) is 1. The number of piperidine rings is 1. The van der Waals surface area contributed by atoms with Gasteiger partial charge in [0.05, 0.1) is 11.2 Å². The van der Waals surface area contributed by atoms with Crippen molar-refractivity contribution in [2.24, 2.45) is 5.92 Å². The molecule has 1 aliphatic carbocycles. The van der Waals surface area contributed by atoms with Crippen LogP contribution in [0.4, 0.5) is 5.69 Å². The molecule has 1 heterocycles. The molecular weight excluding hydrogens is 252 g/mol. The van der Waals surface area contributed by atoms with Gasteiger partial charge in [-0.1, -0.05) is 25.0 Å². The van der Waals surface area contributed by atoms with Gasteiger partial charge in [0.25, 0.3) is 5.91 Å². The SMILES string of the molecule is Nc1ccccc1C(=O)N1CCC2(O)CCCCC2C1. The Morgan fingerprint density at radius 1 is 1.30 bits per heavy atom. The fourth-order valence-corrected chi connectivity index (χ4v) is 3.62. The lowest BCUT2D eigenvalue weighted by Gasteiger charge is -2.47. The molecule has 2 atom stereocenters. The number of carbonyl (C=O) groups excluding carboxylic acids is 1. The number of hydrogen-bond donors (Lipinski definition) is 2. The second-order valence-electron chi connectivity index (χ2n) is 6.13. The van der Waals surface area contributed by atoms with Crippen LogP contribution in [-0.2, 0) is 0 Å². The third-order valence-corrected chi connectivity index (χ3v) is 4.91.